The largest absolute Gasteiger partial charge is 0.294 e. The van der Waals surface area contributed by atoms with E-state index in [1.165, 1.54) is 5.57 Å². The maximum absolute atomic E-state index is 14.6. The third-order valence-electron chi connectivity index (χ3n) is 9.98. The van der Waals surface area contributed by atoms with Crippen LogP contribution in [0.2, 0.25) is 0 Å². The molecule has 0 saturated carbocycles. The van der Waals surface area contributed by atoms with Gasteiger partial charge in [0.15, 0.2) is 17.3 Å². The predicted molar refractivity (Wildman–Crippen MR) is 195 cm³/mol. The van der Waals surface area contributed by atoms with E-state index in [1.807, 2.05) is 66.8 Å². The van der Waals surface area contributed by atoms with E-state index in [1.54, 1.807) is 6.08 Å². The Kier molecular flexibility index (Phi) is 9.38. The number of rotatable bonds is 9. The summed E-state index contributed by atoms with van der Waals surface area (Å²) in [6.45, 7) is 0. The van der Waals surface area contributed by atoms with Crippen LogP contribution < -0.4 is 0 Å². The molecular formula is C45H40O3. The molecule has 5 aliphatic rings. The van der Waals surface area contributed by atoms with Crippen LogP contribution in [-0.4, -0.2) is 17.3 Å². The highest BCUT2D eigenvalue weighted by Crippen LogP contribution is 2.38. The van der Waals surface area contributed by atoms with Gasteiger partial charge < -0.3 is 0 Å². The maximum atomic E-state index is 14.6. The van der Waals surface area contributed by atoms with Crippen molar-refractivity contribution in [1.82, 2.24) is 0 Å². The molecular weight excluding hydrogens is 588 g/mol. The summed E-state index contributed by atoms with van der Waals surface area (Å²) in [5.41, 5.74) is 8.09. The van der Waals surface area contributed by atoms with E-state index in [2.05, 4.69) is 60.8 Å². The molecule has 238 valence electrons. The summed E-state index contributed by atoms with van der Waals surface area (Å²) >= 11 is 0. The Morgan fingerprint density at radius 1 is 0.729 bits per heavy atom. The fraction of sp³-hybridized carbons (Fsp3) is 0.222. The molecule has 7 rings (SSSR count). The quantitative estimate of drug-likeness (QED) is 0.205. The summed E-state index contributed by atoms with van der Waals surface area (Å²) in [5.74, 6) is -0.798. The van der Waals surface area contributed by atoms with Crippen molar-refractivity contribution in [3.05, 3.63) is 184 Å². The SMILES string of the molecule is O=C(C1=CC(C(=O)C2=C(C3=CC=CCC3)CC=CC2)CC(C(=O)c2ccccc2C2C=CC=CC2)=C1)c1ccccc1C1=CCCC=C1. The van der Waals surface area contributed by atoms with Crippen molar-refractivity contribution in [2.75, 3.05) is 0 Å². The monoisotopic (exact) mass is 628 g/mol. The molecule has 0 heterocycles. The molecule has 2 atom stereocenters. The molecule has 0 N–H and O–H groups in total. The average Bonchev–Trinajstić information content (AvgIpc) is 3.18. The molecule has 0 spiro atoms. The Morgan fingerprint density at radius 2 is 1.56 bits per heavy atom. The van der Waals surface area contributed by atoms with Gasteiger partial charge in [-0.25, -0.2) is 0 Å². The van der Waals surface area contributed by atoms with Crippen LogP contribution in [0.15, 0.2) is 161 Å². The number of Topliss-reactive ketones (excluding diaryl/α,β-unsaturated/α-hetero) is 3. The van der Waals surface area contributed by atoms with E-state index in [4.69, 9.17) is 0 Å². The molecule has 2 aromatic rings. The first-order valence-electron chi connectivity index (χ1n) is 17.3. The minimum atomic E-state index is -0.616. The number of hydrogen-bond acceptors (Lipinski definition) is 3. The van der Waals surface area contributed by atoms with Gasteiger partial charge in [0.2, 0.25) is 0 Å². The van der Waals surface area contributed by atoms with Crippen LogP contribution in [0.25, 0.3) is 5.57 Å². The van der Waals surface area contributed by atoms with Crippen LogP contribution >= 0.6 is 0 Å². The van der Waals surface area contributed by atoms with Gasteiger partial charge in [-0.3, -0.25) is 14.4 Å². The van der Waals surface area contributed by atoms with Gasteiger partial charge in [-0.15, -0.1) is 0 Å². The highest BCUT2D eigenvalue weighted by molar-refractivity contribution is 6.18. The fourth-order valence-corrected chi connectivity index (χ4v) is 7.49. The minimum Gasteiger partial charge on any atom is -0.294 e. The fourth-order valence-electron chi connectivity index (χ4n) is 7.49. The Morgan fingerprint density at radius 3 is 2.35 bits per heavy atom. The molecule has 3 nitrogen and oxygen atoms in total. The van der Waals surface area contributed by atoms with Gasteiger partial charge in [0.05, 0.1) is 0 Å². The number of carbonyl (C=O) groups excluding carboxylic acids is 3. The van der Waals surface area contributed by atoms with E-state index < -0.39 is 5.92 Å². The number of allylic oxidation sites excluding steroid dienone is 20. The van der Waals surface area contributed by atoms with Crippen LogP contribution in [0.5, 0.6) is 0 Å². The topological polar surface area (TPSA) is 51.2 Å². The number of ketones is 3. The smallest absolute Gasteiger partial charge is 0.193 e. The molecule has 2 aromatic carbocycles. The zero-order chi connectivity index (χ0) is 32.9. The van der Waals surface area contributed by atoms with E-state index in [9.17, 15) is 14.4 Å². The molecule has 3 heteroatoms. The van der Waals surface area contributed by atoms with Crippen LogP contribution in [0.1, 0.15) is 89.1 Å². The lowest BCUT2D eigenvalue weighted by Crippen LogP contribution is -2.24. The Labute approximate surface area is 283 Å². The van der Waals surface area contributed by atoms with Crippen LogP contribution in [0.4, 0.5) is 0 Å². The molecule has 48 heavy (non-hydrogen) atoms. The van der Waals surface area contributed by atoms with E-state index in [0.717, 1.165) is 66.4 Å². The first kappa shape index (κ1) is 31.4. The molecule has 5 aliphatic carbocycles. The maximum Gasteiger partial charge on any atom is 0.193 e. The Hall–Kier alpha value is -5.15. The van der Waals surface area contributed by atoms with Crippen molar-refractivity contribution in [3.8, 4) is 0 Å². The molecule has 0 radical (unpaired) electrons. The van der Waals surface area contributed by atoms with Crippen molar-refractivity contribution >= 4 is 22.9 Å². The summed E-state index contributed by atoms with van der Waals surface area (Å²) < 4.78 is 0. The summed E-state index contributed by atoms with van der Waals surface area (Å²) in [6, 6.07) is 15.4. The highest BCUT2D eigenvalue weighted by atomic mass is 16.1. The zero-order valence-corrected chi connectivity index (χ0v) is 27.2. The number of hydrogen-bond donors (Lipinski definition) is 0. The van der Waals surface area contributed by atoms with Gasteiger partial charge in [0.25, 0.3) is 0 Å². The van der Waals surface area contributed by atoms with E-state index in [0.29, 0.717) is 28.7 Å². The van der Waals surface area contributed by atoms with Gasteiger partial charge in [0, 0.05) is 39.7 Å². The second kappa shape index (κ2) is 14.3. The Balaban J connectivity index is 1.30. The first-order chi connectivity index (χ1) is 23.6. The molecule has 0 aliphatic heterocycles. The molecule has 0 aromatic heterocycles. The third kappa shape index (κ3) is 6.51. The first-order valence-corrected chi connectivity index (χ1v) is 17.3. The molecule has 0 amide bonds. The lowest BCUT2D eigenvalue weighted by atomic mass is 9.76. The van der Waals surface area contributed by atoms with Gasteiger partial charge in [-0.2, -0.15) is 0 Å². The lowest BCUT2D eigenvalue weighted by molar-refractivity contribution is -0.118. The van der Waals surface area contributed by atoms with Crippen molar-refractivity contribution in [3.63, 3.8) is 0 Å². The van der Waals surface area contributed by atoms with Gasteiger partial charge in [0.1, 0.15) is 0 Å². The molecule has 2 unspecified atom stereocenters. The minimum absolute atomic E-state index is 0.00773. The van der Waals surface area contributed by atoms with Crippen molar-refractivity contribution in [2.45, 2.75) is 57.3 Å². The van der Waals surface area contributed by atoms with Crippen molar-refractivity contribution < 1.29 is 14.4 Å². The average molecular weight is 629 g/mol. The second-order valence-corrected chi connectivity index (χ2v) is 13.0. The van der Waals surface area contributed by atoms with Gasteiger partial charge in [-0.05, 0) is 85.3 Å². The summed E-state index contributed by atoms with van der Waals surface area (Å²) in [6.07, 6.45) is 35.0. The third-order valence-corrected chi connectivity index (χ3v) is 9.98. The number of benzene rings is 2. The summed E-state index contributed by atoms with van der Waals surface area (Å²) in [5, 5.41) is 0. The highest BCUT2D eigenvalue weighted by Gasteiger charge is 2.33. The lowest BCUT2D eigenvalue weighted by Gasteiger charge is -2.26. The van der Waals surface area contributed by atoms with Gasteiger partial charge >= 0.3 is 0 Å². The van der Waals surface area contributed by atoms with Crippen molar-refractivity contribution in [1.29, 1.82) is 0 Å². The molecule has 0 bridgehead atoms. The van der Waals surface area contributed by atoms with E-state index in [-0.39, 0.29) is 29.7 Å². The normalized spacial score (nSPS) is 21.8. The standard InChI is InChI=1S/C45H40O3/c46-43(40-25-13-10-22-37(40)31-16-4-1-5-17-31)34-28-35(44(47)41-26-14-11-23-38(41)32-18-6-2-7-19-32)30-36(29-34)45(48)42-27-15-12-24-39(42)33-20-8-3-9-21-33/h1-2,4-6,8,10-16,18,20-22,24-25,27,29-31,35H,3,7,9,17,19,23,26,28H2. The van der Waals surface area contributed by atoms with Crippen LogP contribution in [-0.2, 0) is 4.79 Å². The predicted octanol–water partition coefficient (Wildman–Crippen LogP) is 10.5. The second-order valence-electron chi connectivity index (χ2n) is 13.0. The van der Waals surface area contributed by atoms with E-state index >= 15 is 0 Å². The molecule has 0 fully saturated rings. The van der Waals surface area contributed by atoms with Crippen molar-refractivity contribution in [2.24, 2.45) is 5.92 Å². The van der Waals surface area contributed by atoms with Gasteiger partial charge in [-0.1, -0.05) is 128 Å². The zero-order valence-electron chi connectivity index (χ0n) is 27.2. The summed E-state index contributed by atoms with van der Waals surface area (Å²) in [7, 11) is 0. The molecule has 0 saturated heterocycles. The Bertz CT molecular complexity index is 1980. The van der Waals surface area contributed by atoms with Crippen LogP contribution in [0.3, 0.4) is 0 Å². The summed E-state index contributed by atoms with van der Waals surface area (Å²) in [4.78, 5) is 43.6. The number of carbonyl (C=O) groups is 3. The van der Waals surface area contributed by atoms with Crippen LogP contribution in [0, 0.1) is 5.92 Å².